The lowest BCUT2D eigenvalue weighted by molar-refractivity contribution is 0.385. The maximum atomic E-state index is 13.7. The number of ether oxygens (including phenoxy) is 1. The van der Waals surface area contributed by atoms with Gasteiger partial charge in [0.2, 0.25) is 10.0 Å². The Hall–Kier alpha value is -2.29. The minimum atomic E-state index is -3.84. The molecule has 25 heavy (non-hydrogen) atoms. The van der Waals surface area contributed by atoms with Gasteiger partial charge in [0, 0.05) is 23.7 Å². The van der Waals surface area contributed by atoms with Crippen LogP contribution in [0.3, 0.4) is 0 Å². The summed E-state index contributed by atoms with van der Waals surface area (Å²) in [7, 11) is -2.52. The molecule has 2 aromatic heterocycles. The Labute approximate surface area is 149 Å². The number of hydrogen-bond acceptors (Lipinski definition) is 5. The Balaban J connectivity index is 1.76. The van der Waals surface area contributed by atoms with Crippen LogP contribution in [0.25, 0.3) is 11.3 Å². The van der Waals surface area contributed by atoms with Crippen LogP contribution in [0.2, 0.25) is 0 Å². The molecule has 0 saturated heterocycles. The Morgan fingerprint density at radius 1 is 1.24 bits per heavy atom. The summed E-state index contributed by atoms with van der Waals surface area (Å²) in [6.45, 7) is 0.0790. The molecule has 5 nitrogen and oxygen atoms in total. The second kappa shape index (κ2) is 7.30. The molecule has 0 atom stereocenters. The number of nitrogens with zero attached hydrogens (tertiary/aromatic N) is 1. The first-order valence-corrected chi connectivity index (χ1v) is 9.73. The first kappa shape index (κ1) is 17.5. The van der Waals surface area contributed by atoms with Gasteiger partial charge in [0.15, 0.2) is 11.6 Å². The van der Waals surface area contributed by atoms with Crippen molar-refractivity contribution in [2.75, 3.05) is 7.11 Å². The Kier molecular flexibility index (Phi) is 5.12. The molecule has 130 valence electrons. The van der Waals surface area contributed by atoms with Crippen LogP contribution < -0.4 is 9.46 Å². The van der Waals surface area contributed by atoms with Crippen molar-refractivity contribution >= 4 is 21.4 Å². The molecule has 0 aliphatic rings. The van der Waals surface area contributed by atoms with Crippen molar-refractivity contribution in [1.29, 1.82) is 0 Å². The van der Waals surface area contributed by atoms with Crippen molar-refractivity contribution in [2.45, 2.75) is 11.4 Å². The van der Waals surface area contributed by atoms with E-state index in [0.29, 0.717) is 0 Å². The SMILES string of the molecule is COc1ccc(S(=O)(=O)NCc2ccnc(-c3ccsc3)c2)cc1F. The zero-order valence-electron chi connectivity index (χ0n) is 13.3. The maximum absolute atomic E-state index is 13.7. The number of benzene rings is 1. The van der Waals surface area contributed by atoms with Crippen molar-refractivity contribution in [1.82, 2.24) is 9.71 Å². The molecule has 1 aromatic carbocycles. The normalized spacial score (nSPS) is 11.4. The number of hydrogen-bond donors (Lipinski definition) is 1. The van der Waals surface area contributed by atoms with Crippen LogP contribution in [0.4, 0.5) is 4.39 Å². The van der Waals surface area contributed by atoms with Crippen LogP contribution >= 0.6 is 11.3 Å². The number of nitrogens with one attached hydrogen (secondary N) is 1. The Morgan fingerprint density at radius 2 is 2.08 bits per heavy atom. The van der Waals surface area contributed by atoms with E-state index in [2.05, 4.69) is 9.71 Å². The lowest BCUT2D eigenvalue weighted by Crippen LogP contribution is -2.23. The number of rotatable bonds is 6. The summed E-state index contributed by atoms with van der Waals surface area (Å²) in [5.41, 5.74) is 2.51. The molecule has 3 aromatic rings. The van der Waals surface area contributed by atoms with Crippen LogP contribution in [0.15, 0.2) is 58.3 Å². The van der Waals surface area contributed by atoms with Crippen LogP contribution in [0, 0.1) is 5.82 Å². The monoisotopic (exact) mass is 378 g/mol. The summed E-state index contributed by atoms with van der Waals surface area (Å²) < 4.78 is 45.7. The summed E-state index contributed by atoms with van der Waals surface area (Å²) in [5.74, 6) is -0.734. The van der Waals surface area contributed by atoms with Gasteiger partial charge in [-0.1, -0.05) is 0 Å². The van der Waals surface area contributed by atoms with E-state index < -0.39 is 15.8 Å². The van der Waals surface area contributed by atoms with E-state index in [1.807, 2.05) is 22.9 Å². The number of methoxy groups -OCH3 is 1. The topological polar surface area (TPSA) is 68.3 Å². The summed E-state index contributed by atoms with van der Waals surface area (Å²) in [6.07, 6.45) is 1.63. The van der Waals surface area contributed by atoms with Gasteiger partial charge in [-0.25, -0.2) is 17.5 Å². The van der Waals surface area contributed by atoms with Crippen LogP contribution in [-0.2, 0) is 16.6 Å². The van der Waals surface area contributed by atoms with E-state index in [1.165, 1.54) is 19.2 Å². The fourth-order valence-corrected chi connectivity index (χ4v) is 3.91. The fourth-order valence-electron chi connectivity index (χ4n) is 2.23. The van der Waals surface area contributed by atoms with Crippen molar-refractivity contribution in [3.8, 4) is 17.0 Å². The molecule has 3 rings (SSSR count). The van der Waals surface area contributed by atoms with E-state index in [9.17, 15) is 12.8 Å². The molecule has 0 aliphatic heterocycles. The third-order valence-corrected chi connectivity index (χ3v) is 5.62. The lowest BCUT2D eigenvalue weighted by Gasteiger charge is -2.09. The summed E-state index contributed by atoms with van der Waals surface area (Å²) in [5, 5.41) is 3.92. The van der Waals surface area contributed by atoms with Gasteiger partial charge < -0.3 is 4.74 Å². The number of aromatic nitrogens is 1. The fraction of sp³-hybridized carbons (Fsp3) is 0.118. The molecule has 0 saturated carbocycles. The van der Waals surface area contributed by atoms with Crippen molar-refractivity contribution in [3.05, 3.63) is 64.7 Å². The van der Waals surface area contributed by atoms with Gasteiger partial charge in [0.1, 0.15) is 0 Å². The first-order chi connectivity index (χ1) is 12.0. The van der Waals surface area contributed by atoms with Crippen molar-refractivity contribution in [2.24, 2.45) is 0 Å². The van der Waals surface area contributed by atoms with Gasteiger partial charge in [-0.15, -0.1) is 0 Å². The van der Waals surface area contributed by atoms with Crippen molar-refractivity contribution < 1.29 is 17.5 Å². The molecule has 2 heterocycles. The summed E-state index contributed by atoms with van der Waals surface area (Å²) >= 11 is 1.56. The molecule has 0 spiro atoms. The molecular formula is C17H15FN2O3S2. The van der Waals surface area contributed by atoms with E-state index in [0.717, 1.165) is 22.9 Å². The molecular weight excluding hydrogens is 363 g/mol. The van der Waals surface area contributed by atoms with Crippen LogP contribution in [0.1, 0.15) is 5.56 Å². The minimum absolute atomic E-state index is 0.00603. The molecule has 0 bridgehead atoms. The third-order valence-electron chi connectivity index (χ3n) is 3.54. The maximum Gasteiger partial charge on any atom is 0.240 e. The highest BCUT2D eigenvalue weighted by atomic mass is 32.2. The zero-order chi connectivity index (χ0) is 17.9. The van der Waals surface area contributed by atoms with Gasteiger partial charge in [-0.3, -0.25) is 4.98 Å². The standard InChI is InChI=1S/C17H15FN2O3S2/c1-23-17-3-2-14(9-15(17)18)25(21,22)20-10-12-4-6-19-16(8-12)13-5-7-24-11-13/h2-9,11,20H,10H2,1H3. The highest BCUT2D eigenvalue weighted by Gasteiger charge is 2.16. The highest BCUT2D eigenvalue weighted by molar-refractivity contribution is 7.89. The number of thiophene rings is 1. The van der Waals surface area contributed by atoms with Crippen LogP contribution in [0.5, 0.6) is 5.75 Å². The summed E-state index contributed by atoms with van der Waals surface area (Å²) in [4.78, 5) is 4.13. The number of pyridine rings is 1. The van der Waals surface area contributed by atoms with Crippen molar-refractivity contribution in [3.63, 3.8) is 0 Å². The predicted molar refractivity (Wildman–Crippen MR) is 94.5 cm³/mol. The van der Waals surface area contributed by atoms with E-state index in [1.54, 1.807) is 23.6 Å². The predicted octanol–water partition coefficient (Wildman–Crippen LogP) is 3.44. The molecule has 0 radical (unpaired) electrons. The molecule has 0 unspecified atom stereocenters. The minimum Gasteiger partial charge on any atom is -0.494 e. The Bertz CT molecular complexity index is 973. The third kappa shape index (κ3) is 4.04. The largest absolute Gasteiger partial charge is 0.494 e. The van der Waals surface area contributed by atoms with Gasteiger partial charge in [0.05, 0.1) is 17.7 Å². The summed E-state index contributed by atoms with van der Waals surface area (Å²) in [6, 6.07) is 9.01. The van der Waals surface area contributed by atoms with Gasteiger partial charge >= 0.3 is 0 Å². The molecule has 0 fully saturated rings. The lowest BCUT2D eigenvalue weighted by atomic mass is 10.1. The number of halogens is 1. The zero-order valence-corrected chi connectivity index (χ0v) is 14.9. The van der Waals surface area contributed by atoms with E-state index in [4.69, 9.17) is 4.74 Å². The molecule has 1 N–H and O–H groups in total. The van der Waals surface area contributed by atoms with E-state index in [-0.39, 0.29) is 17.2 Å². The van der Waals surface area contributed by atoms with Crippen LogP contribution in [-0.4, -0.2) is 20.5 Å². The molecule has 8 heteroatoms. The van der Waals surface area contributed by atoms with Gasteiger partial charge in [-0.05, 0) is 47.3 Å². The highest BCUT2D eigenvalue weighted by Crippen LogP contribution is 2.22. The average Bonchev–Trinajstić information content (AvgIpc) is 3.15. The smallest absolute Gasteiger partial charge is 0.240 e. The quantitative estimate of drug-likeness (QED) is 0.713. The van der Waals surface area contributed by atoms with Gasteiger partial charge in [0.25, 0.3) is 0 Å². The average molecular weight is 378 g/mol. The Morgan fingerprint density at radius 3 is 2.76 bits per heavy atom. The molecule has 0 aliphatic carbocycles. The van der Waals surface area contributed by atoms with Gasteiger partial charge in [-0.2, -0.15) is 11.3 Å². The second-order valence-corrected chi connectivity index (χ2v) is 7.73. The van der Waals surface area contributed by atoms with E-state index >= 15 is 0 Å². The first-order valence-electron chi connectivity index (χ1n) is 7.30. The number of sulfonamides is 1. The second-order valence-electron chi connectivity index (χ2n) is 5.18. The molecule has 0 amide bonds.